The Morgan fingerprint density at radius 2 is 1.88 bits per heavy atom. The van der Waals surface area contributed by atoms with Crippen LogP contribution in [0.1, 0.15) is 33.3 Å². The van der Waals surface area contributed by atoms with Crippen molar-refractivity contribution < 1.29 is 14.3 Å². The molecule has 0 saturated heterocycles. The number of hydrogen-bond donors (Lipinski definition) is 0. The normalized spacial score (nSPS) is 13.2. The molecule has 5 nitrogen and oxygen atoms in total. The molecule has 2 rings (SSSR count). The van der Waals surface area contributed by atoms with Gasteiger partial charge >= 0.3 is 0 Å². The maximum Gasteiger partial charge on any atom is 0.246 e. The van der Waals surface area contributed by atoms with Crippen LogP contribution in [0.25, 0.3) is 6.08 Å². The molecule has 25 heavy (non-hydrogen) atoms. The van der Waals surface area contributed by atoms with Crippen LogP contribution >= 0.6 is 0 Å². The molecule has 0 N–H and O–H groups in total. The zero-order chi connectivity index (χ0) is 18.2. The van der Waals surface area contributed by atoms with Crippen LogP contribution in [0, 0.1) is 5.92 Å². The summed E-state index contributed by atoms with van der Waals surface area (Å²) in [7, 11) is 0. The predicted octanol–water partition coefficient (Wildman–Crippen LogP) is 3.25. The van der Waals surface area contributed by atoms with Gasteiger partial charge in [-0.1, -0.05) is 33.8 Å². The van der Waals surface area contributed by atoms with Crippen molar-refractivity contribution in [2.24, 2.45) is 5.92 Å². The van der Waals surface area contributed by atoms with Crippen molar-refractivity contribution in [1.82, 2.24) is 9.80 Å². The van der Waals surface area contributed by atoms with Gasteiger partial charge in [-0.25, -0.2) is 0 Å². The number of rotatable bonds is 9. The summed E-state index contributed by atoms with van der Waals surface area (Å²) >= 11 is 0. The molecule has 1 aliphatic rings. The largest absolute Gasteiger partial charge is 0.454 e. The van der Waals surface area contributed by atoms with Crippen LogP contribution in [0.15, 0.2) is 24.3 Å². The summed E-state index contributed by atoms with van der Waals surface area (Å²) in [5.41, 5.74) is 0.936. The third kappa shape index (κ3) is 5.78. The Bertz CT molecular complexity index is 595. The highest BCUT2D eigenvalue weighted by Gasteiger charge is 2.15. The molecule has 0 aliphatic carbocycles. The molecule has 1 aromatic rings. The quantitative estimate of drug-likeness (QED) is 0.644. The number of ether oxygens (including phenoxy) is 2. The molecule has 0 bridgehead atoms. The number of amides is 1. The average molecular weight is 346 g/mol. The van der Waals surface area contributed by atoms with E-state index < -0.39 is 0 Å². The van der Waals surface area contributed by atoms with Gasteiger partial charge < -0.3 is 19.3 Å². The third-order valence-electron chi connectivity index (χ3n) is 4.29. The molecule has 0 unspecified atom stereocenters. The standard InChI is InChI=1S/C20H30N2O3/c1-5-21(6-2)11-12-22(14-16(3)4)20(23)10-8-17-7-9-18-19(13-17)25-15-24-18/h7-10,13,16H,5-6,11-12,14-15H2,1-4H3. The molecule has 0 atom stereocenters. The lowest BCUT2D eigenvalue weighted by molar-refractivity contribution is -0.126. The van der Waals surface area contributed by atoms with Gasteiger partial charge in [0.1, 0.15) is 0 Å². The van der Waals surface area contributed by atoms with Crippen LogP contribution in [-0.4, -0.2) is 55.2 Å². The van der Waals surface area contributed by atoms with Crippen molar-refractivity contribution in [3.05, 3.63) is 29.8 Å². The number of fused-ring (bicyclic) bond motifs is 1. The van der Waals surface area contributed by atoms with Gasteiger partial charge in [-0.3, -0.25) is 4.79 Å². The molecule has 1 aliphatic heterocycles. The lowest BCUT2D eigenvalue weighted by atomic mass is 10.1. The van der Waals surface area contributed by atoms with Crippen LogP contribution in [0.4, 0.5) is 0 Å². The molecule has 1 aromatic carbocycles. The van der Waals surface area contributed by atoms with Crippen molar-refractivity contribution in [2.75, 3.05) is 39.5 Å². The third-order valence-corrected chi connectivity index (χ3v) is 4.29. The minimum Gasteiger partial charge on any atom is -0.454 e. The van der Waals surface area contributed by atoms with E-state index in [4.69, 9.17) is 9.47 Å². The summed E-state index contributed by atoms with van der Waals surface area (Å²) in [6, 6.07) is 5.70. The van der Waals surface area contributed by atoms with E-state index in [-0.39, 0.29) is 12.7 Å². The van der Waals surface area contributed by atoms with E-state index in [2.05, 4.69) is 32.6 Å². The van der Waals surface area contributed by atoms with E-state index in [9.17, 15) is 4.79 Å². The highest BCUT2D eigenvalue weighted by atomic mass is 16.7. The van der Waals surface area contributed by atoms with Gasteiger partial charge in [-0.05, 0) is 42.8 Å². The summed E-state index contributed by atoms with van der Waals surface area (Å²) < 4.78 is 10.7. The Morgan fingerprint density at radius 1 is 1.16 bits per heavy atom. The lowest BCUT2D eigenvalue weighted by Crippen LogP contribution is -2.39. The monoisotopic (exact) mass is 346 g/mol. The van der Waals surface area contributed by atoms with Crippen LogP contribution < -0.4 is 9.47 Å². The average Bonchev–Trinajstić information content (AvgIpc) is 3.06. The fraction of sp³-hybridized carbons (Fsp3) is 0.550. The van der Waals surface area contributed by atoms with Crippen molar-refractivity contribution in [3.8, 4) is 11.5 Å². The molecule has 0 fully saturated rings. The van der Waals surface area contributed by atoms with Crippen molar-refractivity contribution >= 4 is 12.0 Å². The Balaban J connectivity index is 2.00. The Labute approximate surface area is 151 Å². The number of carbonyl (C=O) groups is 1. The minimum atomic E-state index is 0.0542. The van der Waals surface area contributed by atoms with Crippen LogP contribution in [0.3, 0.4) is 0 Å². The fourth-order valence-electron chi connectivity index (χ4n) is 2.82. The maximum absolute atomic E-state index is 12.6. The van der Waals surface area contributed by atoms with E-state index in [1.54, 1.807) is 6.08 Å². The molecule has 0 aromatic heterocycles. The zero-order valence-electron chi connectivity index (χ0n) is 15.8. The van der Waals surface area contributed by atoms with Crippen LogP contribution in [-0.2, 0) is 4.79 Å². The van der Waals surface area contributed by atoms with E-state index in [1.807, 2.05) is 29.2 Å². The second-order valence-electron chi connectivity index (χ2n) is 6.65. The van der Waals surface area contributed by atoms with Crippen LogP contribution in [0.2, 0.25) is 0 Å². The topological polar surface area (TPSA) is 42.0 Å². The first kappa shape index (κ1) is 19.3. The highest BCUT2D eigenvalue weighted by Crippen LogP contribution is 2.32. The van der Waals surface area contributed by atoms with E-state index >= 15 is 0 Å². The molecule has 0 radical (unpaired) electrons. The van der Waals surface area contributed by atoms with Gasteiger partial charge in [0, 0.05) is 25.7 Å². The van der Waals surface area contributed by atoms with E-state index in [1.165, 1.54) is 0 Å². The molecule has 1 heterocycles. The van der Waals surface area contributed by atoms with Gasteiger partial charge in [-0.15, -0.1) is 0 Å². The molecule has 138 valence electrons. The summed E-state index contributed by atoms with van der Waals surface area (Å²) in [6.45, 7) is 13.3. The number of likely N-dealkylation sites (N-methyl/N-ethyl adjacent to an activating group) is 1. The number of hydrogen-bond acceptors (Lipinski definition) is 4. The molecular formula is C20H30N2O3. The highest BCUT2D eigenvalue weighted by molar-refractivity contribution is 5.91. The minimum absolute atomic E-state index is 0.0542. The lowest BCUT2D eigenvalue weighted by Gasteiger charge is -2.27. The van der Waals surface area contributed by atoms with Crippen molar-refractivity contribution in [2.45, 2.75) is 27.7 Å². The Hall–Kier alpha value is -2.01. The van der Waals surface area contributed by atoms with Crippen molar-refractivity contribution in [3.63, 3.8) is 0 Å². The van der Waals surface area contributed by atoms with Gasteiger partial charge in [0.2, 0.25) is 12.7 Å². The SMILES string of the molecule is CCN(CC)CCN(CC(C)C)C(=O)C=Cc1ccc2c(c1)OCO2. The number of benzene rings is 1. The number of nitrogens with zero attached hydrogens (tertiary/aromatic N) is 2. The Kier molecular flexibility index (Phi) is 7.31. The van der Waals surface area contributed by atoms with Crippen LogP contribution in [0.5, 0.6) is 11.5 Å². The summed E-state index contributed by atoms with van der Waals surface area (Å²) in [5, 5.41) is 0. The van der Waals surface area contributed by atoms with E-state index in [0.29, 0.717) is 5.92 Å². The molecular weight excluding hydrogens is 316 g/mol. The van der Waals surface area contributed by atoms with Gasteiger partial charge in [0.25, 0.3) is 0 Å². The molecule has 0 spiro atoms. The van der Waals surface area contributed by atoms with Gasteiger partial charge in [-0.2, -0.15) is 0 Å². The van der Waals surface area contributed by atoms with Crippen molar-refractivity contribution in [1.29, 1.82) is 0 Å². The van der Waals surface area contributed by atoms with Gasteiger partial charge in [0.05, 0.1) is 0 Å². The summed E-state index contributed by atoms with van der Waals surface area (Å²) in [5.74, 6) is 1.98. The first-order chi connectivity index (χ1) is 12.0. The maximum atomic E-state index is 12.6. The fourth-order valence-corrected chi connectivity index (χ4v) is 2.82. The molecule has 5 heteroatoms. The molecule has 0 saturated carbocycles. The smallest absolute Gasteiger partial charge is 0.246 e. The van der Waals surface area contributed by atoms with E-state index in [0.717, 1.165) is 49.8 Å². The summed E-state index contributed by atoms with van der Waals surface area (Å²) in [4.78, 5) is 16.9. The second kappa shape index (κ2) is 9.47. The van der Waals surface area contributed by atoms with Gasteiger partial charge in [0.15, 0.2) is 11.5 Å². The zero-order valence-corrected chi connectivity index (χ0v) is 15.8. The predicted molar refractivity (Wildman–Crippen MR) is 101 cm³/mol. The second-order valence-corrected chi connectivity index (χ2v) is 6.65. The Morgan fingerprint density at radius 3 is 2.56 bits per heavy atom. The number of carbonyl (C=O) groups excluding carboxylic acids is 1. The first-order valence-electron chi connectivity index (χ1n) is 9.12. The molecule has 1 amide bonds. The first-order valence-corrected chi connectivity index (χ1v) is 9.12. The summed E-state index contributed by atoms with van der Waals surface area (Å²) in [6.07, 6.45) is 3.50.